The van der Waals surface area contributed by atoms with Crippen molar-refractivity contribution in [1.29, 1.82) is 0 Å². The average Bonchev–Trinajstić information content (AvgIpc) is 2.76. The van der Waals surface area contributed by atoms with Gasteiger partial charge in [0.25, 0.3) is 0 Å². The summed E-state index contributed by atoms with van der Waals surface area (Å²) < 4.78 is 5.85. The van der Waals surface area contributed by atoms with Crippen LogP contribution in [0.4, 0.5) is 0 Å². The second-order valence-electron chi connectivity index (χ2n) is 6.29. The molecule has 1 aromatic heterocycles. The predicted molar refractivity (Wildman–Crippen MR) is 113 cm³/mol. The molecule has 28 heavy (non-hydrogen) atoms. The van der Waals surface area contributed by atoms with E-state index < -0.39 is 0 Å². The highest BCUT2D eigenvalue weighted by Crippen LogP contribution is 2.15. The standard InChI is InChI=1S/C23H26N4O/c1-2-24-23(26-16-19-9-4-3-5-10-19)27-17-20-11-8-13-22(15-20)28-18-21-12-6-7-14-25-21/h3-15H,2,16-18H2,1H3,(H2,24,26,27). The van der Waals surface area contributed by atoms with Gasteiger partial charge >= 0.3 is 0 Å². The van der Waals surface area contributed by atoms with Gasteiger partial charge in [-0.25, -0.2) is 4.99 Å². The van der Waals surface area contributed by atoms with Crippen LogP contribution in [-0.4, -0.2) is 17.5 Å². The zero-order valence-electron chi connectivity index (χ0n) is 16.1. The first kappa shape index (κ1) is 19.4. The molecule has 0 radical (unpaired) electrons. The normalized spacial score (nSPS) is 11.1. The van der Waals surface area contributed by atoms with Crippen LogP contribution in [-0.2, 0) is 19.7 Å². The van der Waals surface area contributed by atoms with Gasteiger partial charge in [0.05, 0.1) is 12.2 Å². The van der Waals surface area contributed by atoms with Gasteiger partial charge in [0.2, 0.25) is 0 Å². The van der Waals surface area contributed by atoms with Crippen LogP contribution < -0.4 is 15.4 Å². The first-order valence-corrected chi connectivity index (χ1v) is 9.51. The topological polar surface area (TPSA) is 58.5 Å². The van der Waals surface area contributed by atoms with Gasteiger partial charge < -0.3 is 15.4 Å². The van der Waals surface area contributed by atoms with Crippen molar-refractivity contribution in [2.75, 3.05) is 6.54 Å². The summed E-state index contributed by atoms with van der Waals surface area (Å²) >= 11 is 0. The summed E-state index contributed by atoms with van der Waals surface area (Å²) in [5.41, 5.74) is 3.22. The van der Waals surface area contributed by atoms with Crippen LogP contribution in [0.5, 0.6) is 5.75 Å². The van der Waals surface area contributed by atoms with Crippen molar-refractivity contribution in [3.8, 4) is 5.75 Å². The highest BCUT2D eigenvalue weighted by molar-refractivity contribution is 5.79. The van der Waals surface area contributed by atoms with Crippen LogP contribution in [0.25, 0.3) is 0 Å². The molecule has 0 amide bonds. The summed E-state index contributed by atoms with van der Waals surface area (Å²) in [6.07, 6.45) is 1.77. The summed E-state index contributed by atoms with van der Waals surface area (Å²) in [5, 5.41) is 6.65. The van der Waals surface area contributed by atoms with Gasteiger partial charge in [0, 0.05) is 19.3 Å². The van der Waals surface area contributed by atoms with Gasteiger partial charge in [0.15, 0.2) is 5.96 Å². The van der Waals surface area contributed by atoms with Gasteiger partial charge in [-0.1, -0.05) is 48.5 Å². The van der Waals surface area contributed by atoms with E-state index >= 15 is 0 Å². The van der Waals surface area contributed by atoms with E-state index in [0.717, 1.165) is 36.1 Å². The molecule has 2 aromatic carbocycles. The molecule has 0 saturated carbocycles. The monoisotopic (exact) mass is 374 g/mol. The summed E-state index contributed by atoms with van der Waals surface area (Å²) in [6.45, 7) is 4.64. The van der Waals surface area contributed by atoms with E-state index in [1.165, 1.54) is 5.56 Å². The summed E-state index contributed by atoms with van der Waals surface area (Å²) in [5.74, 6) is 1.62. The lowest BCUT2D eigenvalue weighted by atomic mass is 10.2. The van der Waals surface area contributed by atoms with Crippen molar-refractivity contribution in [1.82, 2.24) is 15.6 Å². The van der Waals surface area contributed by atoms with E-state index in [-0.39, 0.29) is 0 Å². The van der Waals surface area contributed by atoms with Crippen molar-refractivity contribution in [3.63, 3.8) is 0 Å². The summed E-state index contributed by atoms with van der Waals surface area (Å²) in [6, 6.07) is 24.1. The maximum atomic E-state index is 5.85. The van der Waals surface area contributed by atoms with Gasteiger partial charge in [-0.15, -0.1) is 0 Å². The van der Waals surface area contributed by atoms with E-state index in [1.807, 2.05) is 54.6 Å². The van der Waals surface area contributed by atoms with Crippen molar-refractivity contribution < 1.29 is 4.74 Å². The molecule has 0 aliphatic rings. The number of hydrogen-bond donors (Lipinski definition) is 2. The lowest BCUT2D eigenvalue weighted by Crippen LogP contribution is -2.36. The Balaban J connectivity index is 1.57. The second-order valence-corrected chi connectivity index (χ2v) is 6.29. The number of aliphatic imine (C=N–C) groups is 1. The Hall–Kier alpha value is -3.34. The van der Waals surface area contributed by atoms with Gasteiger partial charge in [0.1, 0.15) is 12.4 Å². The number of nitrogens with zero attached hydrogens (tertiary/aromatic N) is 2. The van der Waals surface area contributed by atoms with Crippen LogP contribution in [0.15, 0.2) is 84.0 Å². The number of ether oxygens (including phenoxy) is 1. The maximum absolute atomic E-state index is 5.85. The Morgan fingerprint density at radius 3 is 2.54 bits per heavy atom. The lowest BCUT2D eigenvalue weighted by Gasteiger charge is -2.12. The molecular weight excluding hydrogens is 348 g/mol. The molecule has 144 valence electrons. The summed E-state index contributed by atoms with van der Waals surface area (Å²) in [4.78, 5) is 8.96. The average molecular weight is 374 g/mol. The number of benzene rings is 2. The van der Waals surface area contributed by atoms with Crippen molar-refractivity contribution in [2.24, 2.45) is 4.99 Å². The van der Waals surface area contributed by atoms with Crippen LogP contribution in [0.1, 0.15) is 23.7 Å². The third-order valence-electron chi connectivity index (χ3n) is 4.08. The first-order valence-electron chi connectivity index (χ1n) is 9.51. The van der Waals surface area contributed by atoms with Crippen LogP contribution in [0.3, 0.4) is 0 Å². The lowest BCUT2D eigenvalue weighted by molar-refractivity contribution is 0.301. The first-order chi connectivity index (χ1) is 13.8. The minimum absolute atomic E-state index is 0.453. The van der Waals surface area contributed by atoms with E-state index in [9.17, 15) is 0 Å². The SMILES string of the molecule is CCNC(=NCc1cccc(OCc2ccccn2)c1)NCc1ccccc1. The smallest absolute Gasteiger partial charge is 0.191 e. The van der Waals surface area contributed by atoms with Crippen LogP contribution in [0, 0.1) is 0 Å². The van der Waals surface area contributed by atoms with Gasteiger partial charge in [-0.05, 0) is 42.3 Å². The molecule has 0 saturated heterocycles. The number of hydrogen-bond acceptors (Lipinski definition) is 3. The maximum Gasteiger partial charge on any atom is 0.191 e. The third-order valence-corrected chi connectivity index (χ3v) is 4.08. The van der Waals surface area contributed by atoms with Crippen molar-refractivity contribution >= 4 is 5.96 Å². The fourth-order valence-electron chi connectivity index (χ4n) is 2.67. The van der Waals surface area contributed by atoms with Gasteiger partial charge in [-0.2, -0.15) is 0 Å². The second kappa shape index (κ2) is 10.7. The largest absolute Gasteiger partial charge is 0.487 e. The number of aromatic nitrogens is 1. The summed E-state index contributed by atoms with van der Waals surface area (Å²) in [7, 11) is 0. The zero-order valence-corrected chi connectivity index (χ0v) is 16.1. The van der Waals surface area contributed by atoms with E-state index in [1.54, 1.807) is 6.20 Å². The Kier molecular flexibility index (Phi) is 7.44. The Morgan fingerprint density at radius 1 is 0.929 bits per heavy atom. The highest BCUT2D eigenvalue weighted by Gasteiger charge is 2.01. The molecule has 0 spiro atoms. The highest BCUT2D eigenvalue weighted by atomic mass is 16.5. The molecule has 3 aromatic rings. The Labute approximate surface area is 166 Å². The quantitative estimate of drug-likeness (QED) is 0.464. The Bertz CT molecular complexity index is 866. The molecule has 0 unspecified atom stereocenters. The minimum atomic E-state index is 0.453. The van der Waals surface area contributed by atoms with Crippen molar-refractivity contribution in [3.05, 3.63) is 95.8 Å². The molecular formula is C23H26N4O. The molecule has 0 aliphatic heterocycles. The third kappa shape index (κ3) is 6.43. The van der Waals surface area contributed by atoms with Crippen LogP contribution >= 0.6 is 0 Å². The molecule has 0 atom stereocenters. The predicted octanol–water partition coefficient (Wildman–Crippen LogP) is 3.92. The van der Waals surface area contributed by atoms with Crippen LogP contribution in [0.2, 0.25) is 0 Å². The van der Waals surface area contributed by atoms with E-state index in [0.29, 0.717) is 13.2 Å². The van der Waals surface area contributed by atoms with E-state index in [4.69, 9.17) is 4.74 Å². The zero-order chi connectivity index (χ0) is 19.4. The molecule has 1 heterocycles. The number of pyridine rings is 1. The molecule has 5 heteroatoms. The molecule has 5 nitrogen and oxygen atoms in total. The number of rotatable bonds is 8. The number of guanidine groups is 1. The molecule has 0 fully saturated rings. The number of nitrogens with one attached hydrogen (secondary N) is 2. The molecule has 0 aliphatic carbocycles. The van der Waals surface area contributed by atoms with Gasteiger partial charge in [-0.3, -0.25) is 4.98 Å². The molecule has 2 N–H and O–H groups in total. The molecule has 3 rings (SSSR count). The fourth-order valence-corrected chi connectivity index (χ4v) is 2.67. The minimum Gasteiger partial charge on any atom is -0.487 e. The van der Waals surface area contributed by atoms with E-state index in [2.05, 4.69) is 45.7 Å². The fraction of sp³-hybridized carbons (Fsp3) is 0.217. The Morgan fingerprint density at radius 2 is 1.75 bits per heavy atom. The van der Waals surface area contributed by atoms with Crippen molar-refractivity contribution in [2.45, 2.75) is 26.6 Å². The molecule has 0 bridgehead atoms.